The van der Waals surface area contributed by atoms with E-state index in [1.807, 2.05) is 6.92 Å². The summed E-state index contributed by atoms with van der Waals surface area (Å²) in [4.78, 5) is 26.7. The summed E-state index contributed by atoms with van der Waals surface area (Å²) >= 11 is 6.31. The van der Waals surface area contributed by atoms with E-state index in [0.717, 1.165) is 5.52 Å². The van der Waals surface area contributed by atoms with Crippen LogP contribution in [-0.4, -0.2) is 34.8 Å². The van der Waals surface area contributed by atoms with Crippen molar-refractivity contribution >= 4 is 34.5 Å². The average Bonchev–Trinajstić information content (AvgIpc) is 2.99. The molecule has 0 aliphatic carbocycles. The number of nitrogen functional groups attached to an aromatic ring is 1. The van der Waals surface area contributed by atoms with Gasteiger partial charge in [0.25, 0.3) is 5.56 Å². The van der Waals surface area contributed by atoms with Gasteiger partial charge in [0.2, 0.25) is 0 Å². The van der Waals surface area contributed by atoms with E-state index in [2.05, 4.69) is 19.9 Å². The Kier molecular flexibility index (Phi) is 4.26. The quantitative estimate of drug-likeness (QED) is 0.631. The van der Waals surface area contributed by atoms with E-state index >= 15 is 0 Å². The van der Waals surface area contributed by atoms with Gasteiger partial charge in [-0.25, -0.2) is 4.98 Å². The lowest BCUT2D eigenvalue weighted by molar-refractivity contribution is 0.415. The molecule has 0 bridgehead atoms. The number of methoxy groups -OCH3 is 1. The molecular weight excluding hydrogens is 330 g/mol. The molecule has 7 nitrogen and oxygen atoms in total. The number of anilines is 1. The lowest BCUT2D eigenvalue weighted by Crippen LogP contribution is -2.15. The molecule has 24 heavy (non-hydrogen) atoms. The zero-order valence-electron chi connectivity index (χ0n) is 13.2. The maximum atomic E-state index is 12.4. The number of hydrogen-bond donors (Lipinski definition) is 3. The van der Waals surface area contributed by atoms with Crippen molar-refractivity contribution in [3.05, 3.63) is 39.3 Å². The number of fused-ring (bicyclic) bond motifs is 1. The minimum Gasteiger partial charge on any atom is -0.497 e. The van der Waals surface area contributed by atoms with Crippen LogP contribution >= 0.6 is 11.6 Å². The molecule has 0 radical (unpaired) electrons. The molecule has 0 saturated carbocycles. The highest BCUT2D eigenvalue weighted by molar-refractivity contribution is 6.36. The molecule has 0 fully saturated rings. The summed E-state index contributed by atoms with van der Waals surface area (Å²) in [6.07, 6.45) is 1.50. The first-order valence-corrected chi connectivity index (χ1v) is 7.68. The maximum Gasteiger partial charge on any atom is 0.261 e. The van der Waals surface area contributed by atoms with Crippen molar-refractivity contribution in [1.82, 2.24) is 15.0 Å². The van der Waals surface area contributed by atoms with Crippen molar-refractivity contribution in [2.75, 3.05) is 19.4 Å². The van der Waals surface area contributed by atoms with E-state index in [-0.39, 0.29) is 16.3 Å². The Bertz CT molecular complexity index is 990. The molecule has 0 unspecified atom stereocenters. The van der Waals surface area contributed by atoms with E-state index in [1.54, 1.807) is 25.3 Å². The molecular formula is C16H16ClN5O2. The van der Waals surface area contributed by atoms with Crippen molar-refractivity contribution in [1.29, 1.82) is 0 Å². The monoisotopic (exact) mass is 345 g/mol. The normalized spacial score (nSPS) is 11.5. The third-order valence-electron chi connectivity index (χ3n) is 3.55. The van der Waals surface area contributed by atoms with E-state index in [9.17, 15) is 4.79 Å². The molecule has 4 N–H and O–H groups in total. The Labute approximate surface area is 142 Å². The fraction of sp³-hybridized carbons (Fsp3) is 0.188. The number of aromatic nitrogens is 3. The van der Waals surface area contributed by atoms with Crippen LogP contribution in [0.3, 0.4) is 0 Å². The summed E-state index contributed by atoms with van der Waals surface area (Å²) in [6, 6.07) is 5.37. The molecule has 0 atom stereocenters. The van der Waals surface area contributed by atoms with E-state index < -0.39 is 5.56 Å². The number of benzene rings is 1. The Morgan fingerprint density at radius 2 is 2.21 bits per heavy atom. The fourth-order valence-electron chi connectivity index (χ4n) is 2.33. The summed E-state index contributed by atoms with van der Waals surface area (Å²) in [6.45, 7) is 2.45. The second-order valence-electron chi connectivity index (χ2n) is 5.07. The summed E-state index contributed by atoms with van der Waals surface area (Å²) in [5.41, 5.74) is 7.87. The molecule has 2 aromatic heterocycles. The van der Waals surface area contributed by atoms with Crippen LogP contribution in [0.25, 0.3) is 22.4 Å². The van der Waals surface area contributed by atoms with Gasteiger partial charge in [-0.05, 0) is 19.1 Å². The highest BCUT2D eigenvalue weighted by Gasteiger charge is 2.18. The van der Waals surface area contributed by atoms with Crippen LogP contribution in [0.1, 0.15) is 12.6 Å². The first-order chi connectivity index (χ1) is 11.5. The van der Waals surface area contributed by atoms with Gasteiger partial charge in [-0.1, -0.05) is 11.6 Å². The SMILES string of the molecule is CCN=Cc1[nH]c(=O)c(-c2nc3ccc(OC)cc3[nH]2)c(Cl)c1N. The number of ether oxygens (including phenoxy) is 1. The van der Waals surface area contributed by atoms with Crippen LogP contribution in [0.2, 0.25) is 5.02 Å². The number of H-pyrrole nitrogens is 2. The Morgan fingerprint density at radius 3 is 2.92 bits per heavy atom. The van der Waals surface area contributed by atoms with Gasteiger partial charge in [0.15, 0.2) is 0 Å². The molecule has 3 rings (SSSR count). The summed E-state index contributed by atoms with van der Waals surface area (Å²) in [5.74, 6) is 1.03. The third-order valence-corrected chi connectivity index (χ3v) is 3.94. The molecule has 0 saturated heterocycles. The van der Waals surface area contributed by atoms with Crippen molar-refractivity contribution in [3.8, 4) is 17.1 Å². The number of rotatable bonds is 4. The van der Waals surface area contributed by atoms with Crippen LogP contribution in [0.5, 0.6) is 5.75 Å². The third kappa shape index (κ3) is 2.74. The highest BCUT2D eigenvalue weighted by atomic mass is 35.5. The summed E-state index contributed by atoms with van der Waals surface area (Å²) in [5, 5.41) is 0.141. The molecule has 0 amide bonds. The number of hydrogen-bond acceptors (Lipinski definition) is 5. The largest absolute Gasteiger partial charge is 0.497 e. The van der Waals surface area contributed by atoms with Crippen LogP contribution in [-0.2, 0) is 0 Å². The molecule has 0 aliphatic rings. The van der Waals surface area contributed by atoms with Crippen LogP contribution in [0, 0.1) is 0 Å². The van der Waals surface area contributed by atoms with Gasteiger partial charge >= 0.3 is 0 Å². The molecule has 1 aromatic carbocycles. The van der Waals surface area contributed by atoms with Crippen molar-refractivity contribution in [2.24, 2.45) is 4.99 Å². The topological polar surface area (TPSA) is 109 Å². The Hall–Kier alpha value is -2.80. The Balaban J connectivity index is 2.17. The lowest BCUT2D eigenvalue weighted by atomic mass is 10.2. The summed E-state index contributed by atoms with van der Waals surface area (Å²) in [7, 11) is 1.58. The molecule has 124 valence electrons. The number of aliphatic imine (C=N–C) groups is 1. The second kappa shape index (κ2) is 6.37. The Morgan fingerprint density at radius 1 is 1.42 bits per heavy atom. The number of nitrogens with zero attached hydrogens (tertiary/aromatic N) is 2. The molecule has 3 aromatic rings. The number of aromatic amines is 2. The van der Waals surface area contributed by atoms with Gasteiger partial charge in [-0.2, -0.15) is 0 Å². The fourth-order valence-corrected chi connectivity index (χ4v) is 2.61. The van der Waals surface area contributed by atoms with Gasteiger partial charge < -0.3 is 20.4 Å². The first kappa shape index (κ1) is 16.1. The van der Waals surface area contributed by atoms with Crippen LogP contribution in [0.4, 0.5) is 5.69 Å². The van der Waals surface area contributed by atoms with Crippen molar-refractivity contribution < 1.29 is 4.74 Å². The maximum absolute atomic E-state index is 12.4. The predicted octanol–water partition coefficient (Wildman–Crippen LogP) is 2.60. The van der Waals surface area contributed by atoms with E-state index in [4.69, 9.17) is 22.1 Å². The zero-order chi connectivity index (χ0) is 17.3. The van der Waals surface area contributed by atoms with Gasteiger partial charge in [-0.3, -0.25) is 9.79 Å². The minimum atomic E-state index is -0.391. The lowest BCUT2D eigenvalue weighted by Gasteiger charge is -2.06. The molecule has 0 aliphatic heterocycles. The zero-order valence-corrected chi connectivity index (χ0v) is 13.9. The van der Waals surface area contributed by atoms with Gasteiger partial charge in [0.1, 0.15) is 17.1 Å². The van der Waals surface area contributed by atoms with E-state index in [0.29, 0.717) is 29.3 Å². The van der Waals surface area contributed by atoms with Crippen LogP contribution in [0.15, 0.2) is 28.0 Å². The number of halogens is 1. The number of nitrogens with one attached hydrogen (secondary N) is 2. The number of pyridine rings is 1. The number of imidazole rings is 1. The molecule has 2 heterocycles. The number of nitrogens with two attached hydrogens (primary N) is 1. The molecule has 8 heteroatoms. The average molecular weight is 346 g/mol. The summed E-state index contributed by atoms with van der Waals surface area (Å²) < 4.78 is 5.18. The van der Waals surface area contributed by atoms with E-state index in [1.165, 1.54) is 6.21 Å². The van der Waals surface area contributed by atoms with Crippen molar-refractivity contribution in [2.45, 2.75) is 6.92 Å². The predicted molar refractivity (Wildman–Crippen MR) is 96.3 cm³/mol. The highest BCUT2D eigenvalue weighted by Crippen LogP contribution is 2.30. The second-order valence-corrected chi connectivity index (χ2v) is 5.44. The van der Waals surface area contributed by atoms with Crippen molar-refractivity contribution in [3.63, 3.8) is 0 Å². The first-order valence-electron chi connectivity index (χ1n) is 7.30. The molecule has 0 spiro atoms. The van der Waals surface area contributed by atoms with Gasteiger partial charge in [-0.15, -0.1) is 0 Å². The standard InChI is InChI=1S/C16H16ClN5O2/c1-3-19-7-11-14(18)13(17)12(16(23)22-11)15-20-9-5-4-8(24-2)6-10(9)21-15/h4-7H,3,18H2,1-2H3,(H,20,21)(H,22,23). The van der Waals surface area contributed by atoms with Crippen LogP contribution < -0.4 is 16.0 Å². The van der Waals surface area contributed by atoms with Gasteiger partial charge in [0, 0.05) is 18.8 Å². The van der Waals surface area contributed by atoms with Gasteiger partial charge in [0.05, 0.1) is 34.5 Å². The smallest absolute Gasteiger partial charge is 0.261 e. The minimum absolute atomic E-state index is 0.141.